The highest BCUT2D eigenvalue weighted by Crippen LogP contribution is 2.34. The van der Waals surface area contributed by atoms with E-state index in [-0.39, 0.29) is 24.8 Å². The summed E-state index contributed by atoms with van der Waals surface area (Å²) in [5.74, 6) is 1.48. The molecule has 4 rings (SSSR count). The van der Waals surface area contributed by atoms with Crippen LogP contribution in [0.4, 0.5) is 5.82 Å². The summed E-state index contributed by atoms with van der Waals surface area (Å²) in [5, 5.41) is 10.1. The third-order valence-corrected chi connectivity index (χ3v) is 4.80. The third kappa shape index (κ3) is 2.84. The van der Waals surface area contributed by atoms with Crippen molar-refractivity contribution in [1.82, 2.24) is 19.5 Å². The van der Waals surface area contributed by atoms with Gasteiger partial charge in [0.05, 0.1) is 42.0 Å². The molecule has 26 heavy (non-hydrogen) atoms. The third-order valence-electron chi connectivity index (χ3n) is 4.80. The molecular formula is C19H21N5O2. The average Bonchev–Trinajstić information content (AvgIpc) is 3.14. The molecule has 1 N–H and O–H groups in total. The molecule has 7 nitrogen and oxygen atoms in total. The molecule has 0 radical (unpaired) electrons. The lowest BCUT2D eigenvalue weighted by Gasteiger charge is -2.27. The lowest BCUT2D eigenvalue weighted by atomic mass is 10.1. The predicted octanol–water partition coefficient (Wildman–Crippen LogP) is 1.83. The van der Waals surface area contributed by atoms with Gasteiger partial charge in [0.1, 0.15) is 11.6 Å². The number of fused-ring (bicyclic) bond motifs is 1. The van der Waals surface area contributed by atoms with Crippen molar-refractivity contribution in [2.75, 3.05) is 18.1 Å². The van der Waals surface area contributed by atoms with Gasteiger partial charge in [-0.15, -0.1) is 0 Å². The number of benzene rings is 1. The van der Waals surface area contributed by atoms with Gasteiger partial charge in [-0.25, -0.2) is 9.97 Å². The second-order valence-corrected chi connectivity index (χ2v) is 6.54. The van der Waals surface area contributed by atoms with Crippen molar-refractivity contribution < 1.29 is 5.11 Å². The van der Waals surface area contributed by atoms with Crippen LogP contribution in [0.2, 0.25) is 0 Å². The fourth-order valence-electron chi connectivity index (χ4n) is 3.65. The Morgan fingerprint density at radius 3 is 2.88 bits per heavy atom. The van der Waals surface area contributed by atoms with Crippen molar-refractivity contribution in [2.24, 2.45) is 0 Å². The van der Waals surface area contributed by atoms with E-state index in [0.29, 0.717) is 16.7 Å². The van der Waals surface area contributed by atoms with Crippen molar-refractivity contribution in [3.05, 3.63) is 58.5 Å². The van der Waals surface area contributed by atoms with Gasteiger partial charge in [0.2, 0.25) is 0 Å². The number of para-hydroxylation sites is 1. The van der Waals surface area contributed by atoms with Gasteiger partial charge in [0.25, 0.3) is 5.56 Å². The molecule has 1 aliphatic heterocycles. The molecule has 3 heterocycles. The van der Waals surface area contributed by atoms with Gasteiger partial charge in [-0.1, -0.05) is 12.1 Å². The normalized spacial score (nSPS) is 17.2. The highest BCUT2D eigenvalue weighted by molar-refractivity contribution is 5.77. The molecule has 0 spiro atoms. The molecular weight excluding hydrogens is 330 g/mol. The Balaban J connectivity index is 1.86. The fourth-order valence-corrected chi connectivity index (χ4v) is 3.65. The van der Waals surface area contributed by atoms with E-state index in [9.17, 15) is 9.90 Å². The highest BCUT2D eigenvalue weighted by Gasteiger charge is 2.31. The molecule has 2 aromatic heterocycles. The van der Waals surface area contributed by atoms with Crippen LogP contribution in [-0.4, -0.2) is 37.8 Å². The summed E-state index contributed by atoms with van der Waals surface area (Å²) in [7, 11) is 0. The van der Waals surface area contributed by atoms with E-state index in [1.165, 1.54) is 0 Å². The zero-order valence-electron chi connectivity index (χ0n) is 14.7. The van der Waals surface area contributed by atoms with Crippen LogP contribution in [0.5, 0.6) is 0 Å². The maximum Gasteiger partial charge on any atom is 0.261 e. The smallest absolute Gasteiger partial charge is 0.261 e. The molecule has 1 aliphatic rings. The number of aliphatic hydroxyl groups excluding tert-OH is 1. The minimum Gasteiger partial charge on any atom is -0.395 e. The van der Waals surface area contributed by atoms with Crippen molar-refractivity contribution in [3.8, 4) is 0 Å². The monoisotopic (exact) mass is 351 g/mol. The minimum atomic E-state index is -0.109. The Hall–Kier alpha value is -2.80. The average molecular weight is 351 g/mol. The van der Waals surface area contributed by atoms with Crippen LogP contribution in [0, 0.1) is 6.92 Å². The van der Waals surface area contributed by atoms with Gasteiger partial charge in [0.15, 0.2) is 0 Å². The number of aliphatic hydroxyl groups is 1. The number of nitrogens with zero attached hydrogens (tertiary/aromatic N) is 5. The van der Waals surface area contributed by atoms with E-state index in [2.05, 4.69) is 14.9 Å². The Morgan fingerprint density at radius 1 is 1.23 bits per heavy atom. The summed E-state index contributed by atoms with van der Waals surface area (Å²) in [6.07, 6.45) is 5.35. The second-order valence-electron chi connectivity index (χ2n) is 6.54. The first kappa shape index (κ1) is 16.7. The van der Waals surface area contributed by atoms with Crippen LogP contribution in [0.15, 0.2) is 41.5 Å². The molecule has 7 heteroatoms. The molecule has 1 fully saturated rings. The summed E-state index contributed by atoms with van der Waals surface area (Å²) >= 11 is 0. The topological polar surface area (TPSA) is 84.1 Å². The van der Waals surface area contributed by atoms with Crippen LogP contribution in [0.3, 0.4) is 0 Å². The molecule has 0 aliphatic carbocycles. The number of aromatic nitrogens is 4. The zero-order chi connectivity index (χ0) is 18.1. The Labute approximate surface area is 151 Å². The van der Waals surface area contributed by atoms with E-state index in [1.54, 1.807) is 23.0 Å². The fraction of sp³-hybridized carbons (Fsp3) is 0.368. The van der Waals surface area contributed by atoms with E-state index in [0.717, 1.165) is 30.9 Å². The number of hydrogen-bond acceptors (Lipinski definition) is 6. The SMILES string of the molecule is Cc1cncc(N2CCCC2c2nc3ccccc3c(=O)n2CCO)n1. The van der Waals surface area contributed by atoms with Gasteiger partial charge in [-0.3, -0.25) is 14.3 Å². The van der Waals surface area contributed by atoms with Crippen molar-refractivity contribution in [3.63, 3.8) is 0 Å². The van der Waals surface area contributed by atoms with Gasteiger partial charge < -0.3 is 10.0 Å². The minimum absolute atomic E-state index is 0.0602. The van der Waals surface area contributed by atoms with Crippen LogP contribution >= 0.6 is 0 Å². The molecule has 0 saturated carbocycles. The molecule has 1 unspecified atom stereocenters. The van der Waals surface area contributed by atoms with Crippen molar-refractivity contribution in [1.29, 1.82) is 0 Å². The molecule has 0 amide bonds. The summed E-state index contributed by atoms with van der Waals surface area (Å²) in [4.78, 5) is 28.8. The Morgan fingerprint density at radius 2 is 2.08 bits per heavy atom. The maximum absolute atomic E-state index is 13.0. The number of rotatable bonds is 4. The van der Waals surface area contributed by atoms with Crippen LogP contribution in [-0.2, 0) is 6.54 Å². The first-order valence-electron chi connectivity index (χ1n) is 8.84. The van der Waals surface area contributed by atoms with Gasteiger partial charge in [-0.2, -0.15) is 0 Å². The first-order chi connectivity index (χ1) is 12.7. The second kappa shape index (κ2) is 6.84. The molecule has 0 bridgehead atoms. The maximum atomic E-state index is 13.0. The molecule has 1 aromatic carbocycles. The summed E-state index contributed by atoms with van der Waals surface area (Å²) in [6.45, 7) is 2.88. The van der Waals surface area contributed by atoms with E-state index in [1.807, 2.05) is 25.1 Å². The van der Waals surface area contributed by atoms with E-state index in [4.69, 9.17) is 4.98 Å². The first-order valence-corrected chi connectivity index (χ1v) is 8.84. The molecule has 3 aromatic rings. The van der Waals surface area contributed by atoms with Crippen LogP contribution in [0.25, 0.3) is 10.9 Å². The zero-order valence-corrected chi connectivity index (χ0v) is 14.7. The number of aryl methyl sites for hydroxylation is 1. The van der Waals surface area contributed by atoms with E-state index >= 15 is 0 Å². The molecule has 1 saturated heterocycles. The standard InChI is InChI=1S/C19H21N5O2/c1-13-11-20-12-17(21-13)23-8-4-7-16(23)18-22-15-6-3-2-5-14(15)19(26)24(18)9-10-25/h2-3,5-6,11-12,16,25H,4,7-10H2,1H3. The van der Waals surface area contributed by atoms with Gasteiger partial charge in [0, 0.05) is 12.7 Å². The van der Waals surface area contributed by atoms with Crippen LogP contribution < -0.4 is 10.5 Å². The lowest BCUT2D eigenvalue weighted by Crippen LogP contribution is -2.33. The number of anilines is 1. The highest BCUT2D eigenvalue weighted by atomic mass is 16.3. The summed E-state index contributed by atoms with van der Waals surface area (Å²) < 4.78 is 1.61. The predicted molar refractivity (Wildman–Crippen MR) is 99.2 cm³/mol. The van der Waals surface area contributed by atoms with Gasteiger partial charge in [-0.05, 0) is 31.9 Å². The summed E-state index contributed by atoms with van der Waals surface area (Å²) in [5.41, 5.74) is 1.43. The Bertz CT molecular complexity index is 1000. The van der Waals surface area contributed by atoms with Crippen molar-refractivity contribution >= 4 is 16.7 Å². The van der Waals surface area contributed by atoms with Gasteiger partial charge >= 0.3 is 0 Å². The summed E-state index contributed by atoms with van der Waals surface area (Å²) in [6, 6.07) is 7.29. The lowest BCUT2D eigenvalue weighted by molar-refractivity contribution is 0.270. The van der Waals surface area contributed by atoms with E-state index < -0.39 is 0 Å². The Kier molecular flexibility index (Phi) is 4.38. The van der Waals surface area contributed by atoms with Crippen molar-refractivity contribution in [2.45, 2.75) is 32.4 Å². The molecule has 1 atom stereocenters. The largest absolute Gasteiger partial charge is 0.395 e. The van der Waals surface area contributed by atoms with Crippen LogP contribution in [0.1, 0.15) is 30.4 Å². The molecule has 134 valence electrons. The number of hydrogen-bond donors (Lipinski definition) is 1. The quantitative estimate of drug-likeness (QED) is 0.772.